The van der Waals surface area contributed by atoms with Gasteiger partial charge in [0.05, 0.1) is 0 Å². The summed E-state index contributed by atoms with van der Waals surface area (Å²) in [4.78, 5) is 0. The third kappa shape index (κ3) is 20.0. The Morgan fingerprint density at radius 2 is 0.207 bits per heavy atom. The second kappa shape index (κ2) is 39.2. The predicted octanol–water partition coefficient (Wildman–Crippen LogP) is 28.9. The van der Waals surface area contributed by atoms with E-state index >= 15 is 0 Å². The Kier molecular flexibility index (Phi) is 28.6. The summed E-state index contributed by atoms with van der Waals surface area (Å²) in [5.41, 5.74) is 42.9. The molecule has 0 saturated heterocycles. The second-order valence-electron chi connectivity index (χ2n) is 39.0. The molecular weight excluding hydrogens is 1670 g/mol. The lowest BCUT2D eigenvalue weighted by Crippen LogP contribution is -2.12. The zero-order chi connectivity index (χ0) is 98.7. The summed E-state index contributed by atoms with van der Waals surface area (Å²) in [5, 5.41) is 127. The summed E-state index contributed by atoms with van der Waals surface area (Å²) < 4.78 is 0. The van der Waals surface area contributed by atoms with Gasteiger partial charge in [0, 0.05) is 35.5 Å². The van der Waals surface area contributed by atoms with E-state index in [1.807, 2.05) is 215 Å². The molecule has 0 amide bonds. The van der Waals surface area contributed by atoms with Crippen molar-refractivity contribution >= 4 is 0 Å². The molecule has 0 saturated carbocycles. The van der Waals surface area contributed by atoms with Gasteiger partial charge in [0.25, 0.3) is 0 Å². The summed E-state index contributed by atoms with van der Waals surface area (Å²) in [6, 6.07) is 69.3. The molecule has 0 heterocycles. The van der Waals surface area contributed by atoms with Crippen LogP contribution >= 0.6 is 0 Å². The summed E-state index contributed by atoms with van der Waals surface area (Å²) in [6.07, 6.45) is 0. The van der Waals surface area contributed by atoms with Crippen molar-refractivity contribution in [3.63, 3.8) is 0 Å². The Balaban J connectivity index is 0.000000172. The van der Waals surface area contributed by atoms with Gasteiger partial charge < -0.3 is 61.3 Å². The van der Waals surface area contributed by atoms with E-state index in [9.17, 15) is 61.3 Å². The van der Waals surface area contributed by atoms with Crippen LogP contribution in [0.3, 0.4) is 0 Å². The number of phenolic OH excluding ortho intramolecular Hbond substituents is 12. The Morgan fingerprint density at radius 1 is 0.104 bits per heavy atom. The molecule has 0 radical (unpaired) electrons. The van der Waals surface area contributed by atoms with E-state index in [0.717, 1.165) is 250 Å². The monoisotopic (exact) mass is 1800 g/mol. The molecule has 0 fully saturated rings. The van der Waals surface area contributed by atoms with Gasteiger partial charge in [-0.05, 0) is 437 Å². The fourth-order valence-electron chi connectivity index (χ4n) is 20.8. The largest absolute Gasteiger partial charge is 0.507 e. The van der Waals surface area contributed by atoms with Crippen molar-refractivity contribution < 1.29 is 61.3 Å². The van der Waals surface area contributed by atoms with Crippen LogP contribution < -0.4 is 0 Å². The number of phenols is 12. The molecular formula is C123H132O12. The van der Waals surface area contributed by atoms with Gasteiger partial charge in [-0.2, -0.15) is 0 Å². The predicted molar refractivity (Wildman–Crippen MR) is 550 cm³/mol. The molecule has 0 aliphatic heterocycles. The number of hydrogen-bond donors (Lipinski definition) is 12. The lowest BCUT2D eigenvalue weighted by molar-refractivity contribution is 0.465. The molecule has 0 atom stereocenters. The minimum Gasteiger partial charge on any atom is -0.507 e. The fraction of sp³-hybridized carbons (Fsp3) is 0.268. The lowest BCUT2D eigenvalue weighted by atomic mass is 9.76. The highest BCUT2D eigenvalue weighted by atomic mass is 16.3. The highest BCUT2D eigenvalue weighted by molar-refractivity contribution is 5.65. The van der Waals surface area contributed by atoms with Gasteiger partial charge in [0.1, 0.15) is 69.0 Å². The molecule has 0 spiro atoms. The molecule has 12 heteroatoms. The Morgan fingerprint density at radius 3 is 0.348 bits per heavy atom. The fourth-order valence-corrected chi connectivity index (χ4v) is 20.8. The van der Waals surface area contributed by atoms with E-state index in [0.29, 0.717) is 69.0 Å². The SMILES string of the molecule is Cc1cc(C(c2cc(C)c(O)c(C)c2)c2cc(C)c(O)c(C)c2)c(C)cc1C(c1cc(C)c(O)c(C)c1)c1cc(C)c(O)c(C)c1.Cc1cc(C(c2cc(C)c(O)c(C)c2)c2cc(C)c(O)c(C)c2)ccc1C(c1cc(C)c(O)c(C)c1)c1cc(C)c(O)c(C)c1.Cc1cc(C(c2ccc(C(c3cc(C)c(O)c(C)c3)c3cc(C)c(O)c(C)c3)cc2)c2cc(C)c(O)c(C)c2)cc(C)c1O. The topological polar surface area (TPSA) is 243 Å². The van der Waals surface area contributed by atoms with Crippen LogP contribution in [-0.2, 0) is 0 Å². The summed E-state index contributed by atoms with van der Waals surface area (Å²) in [6.45, 7) is 52.8. The van der Waals surface area contributed by atoms with Crippen molar-refractivity contribution in [1.82, 2.24) is 0 Å². The maximum absolute atomic E-state index is 10.6. The van der Waals surface area contributed by atoms with Crippen molar-refractivity contribution in [3.8, 4) is 69.0 Å². The van der Waals surface area contributed by atoms with Crippen LogP contribution in [0.15, 0.2) is 200 Å². The first-order chi connectivity index (χ1) is 63.5. The zero-order valence-corrected chi connectivity index (χ0v) is 83.4. The molecule has 0 aliphatic carbocycles. The van der Waals surface area contributed by atoms with Crippen molar-refractivity contribution in [2.45, 2.75) is 222 Å². The molecule has 0 unspecified atom stereocenters. The molecule has 0 aliphatic rings. The van der Waals surface area contributed by atoms with Crippen LogP contribution in [0, 0.1) is 187 Å². The van der Waals surface area contributed by atoms with E-state index in [-0.39, 0.29) is 35.5 Å². The van der Waals surface area contributed by atoms with Crippen LogP contribution in [0.2, 0.25) is 0 Å². The lowest BCUT2D eigenvalue weighted by Gasteiger charge is -2.28. The third-order valence-corrected chi connectivity index (χ3v) is 28.0. The average molecular weight is 1800 g/mol. The quantitative estimate of drug-likeness (QED) is 0.0359. The number of rotatable bonds is 18. The van der Waals surface area contributed by atoms with E-state index in [1.54, 1.807) is 0 Å². The van der Waals surface area contributed by atoms with Gasteiger partial charge in [-0.3, -0.25) is 0 Å². The molecule has 696 valence electrons. The zero-order valence-electron chi connectivity index (χ0n) is 83.4. The van der Waals surface area contributed by atoms with Gasteiger partial charge in [-0.25, -0.2) is 0 Å². The molecule has 15 rings (SSSR count). The van der Waals surface area contributed by atoms with Crippen LogP contribution in [0.4, 0.5) is 0 Å². The minimum absolute atomic E-state index is 0.116. The van der Waals surface area contributed by atoms with E-state index in [1.165, 1.54) is 0 Å². The second-order valence-corrected chi connectivity index (χ2v) is 39.0. The summed E-state index contributed by atoms with van der Waals surface area (Å²) in [7, 11) is 0. The third-order valence-electron chi connectivity index (χ3n) is 28.0. The smallest absolute Gasteiger partial charge is 0.121 e. The Labute approximate surface area is 798 Å². The number of hydrogen-bond acceptors (Lipinski definition) is 12. The van der Waals surface area contributed by atoms with Crippen molar-refractivity contribution in [1.29, 1.82) is 0 Å². The molecule has 0 bridgehead atoms. The summed E-state index contributed by atoms with van der Waals surface area (Å²) >= 11 is 0. The molecule has 15 aromatic rings. The van der Waals surface area contributed by atoms with Gasteiger partial charge in [-0.15, -0.1) is 0 Å². The van der Waals surface area contributed by atoms with Crippen molar-refractivity contribution in [2.75, 3.05) is 0 Å². The van der Waals surface area contributed by atoms with E-state index in [4.69, 9.17) is 0 Å². The van der Waals surface area contributed by atoms with Gasteiger partial charge >= 0.3 is 0 Å². The maximum Gasteiger partial charge on any atom is 0.121 e. The van der Waals surface area contributed by atoms with Crippen LogP contribution in [0.25, 0.3) is 0 Å². The normalized spacial score (nSPS) is 11.5. The van der Waals surface area contributed by atoms with Gasteiger partial charge in [0.2, 0.25) is 0 Å². The first-order valence-electron chi connectivity index (χ1n) is 46.4. The molecule has 135 heavy (non-hydrogen) atoms. The molecule has 0 aromatic heterocycles. The Hall–Kier alpha value is -14.1. The molecule has 12 N–H and O–H groups in total. The van der Waals surface area contributed by atoms with Crippen LogP contribution in [0.1, 0.15) is 286 Å². The number of benzene rings is 15. The maximum atomic E-state index is 10.6. The minimum atomic E-state index is -0.126. The Bertz CT molecular complexity index is 6270. The summed E-state index contributed by atoms with van der Waals surface area (Å²) in [5.74, 6) is 2.99. The average Bonchev–Trinajstić information content (AvgIpc) is 0.768. The number of aryl methyl sites for hydroxylation is 27. The van der Waals surface area contributed by atoms with Crippen molar-refractivity contribution in [3.05, 3.63) is 451 Å². The van der Waals surface area contributed by atoms with Gasteiger partial charge in [-0.1, -0.05) is 200 Å². The van der Waals surface area contributed by atoms with Crippen LogP contribution in [-0.4, -0.2) is 61.3 Å². The highest BCUT2D eigenvalue weighted by Gasteiger charge is 2.32. The van der Waals surface area contributed by atoms with Crippen LogP contribution in [0.5, 0.6) is 69.0 Å². The standard InChI is InChI=1S/C42H46O4.C41H44O4.C40H42O4/c1-21-19-36(38(33-15-27(7)41(45)28(8)16-33)34-17-29(9)42(46)30(10)18-34)22(2)20-35(21)37(31-11-23(3)39(43)24(4)12-31)32-13-25(5)40(44)26(6)14-32;1-21-12-30(36(31-13-22(2)38(42)23(3)14-31)32-15-24(4)39(43)25(5)16-32)10-11-35(21)37(33-17-26(6)40(44)27(7)18-33)34-19-28(8)41(45)29(9)20-34;1-21-13-31(14-22(2)37(21)41)35(32-15-23(3)38(42)24(4)16-32)29-9-11-30(12-10-29)36(33-17-25(5)39(43)26(6)18-33)34-19-27(7)40(44)28(8)20-34/h11-20,37-38,43-46H,1-10H3;10-20,36-37,42-45H,1-9H3;9-20,35-36,41-44H,1-8H3. The molecule has 12 nitrogen and oxygen atoms in total. The van der Waals surface area contributed by atoms with E-state index < -0.39 is 0 Å². The first-order valence-corrected chi connectivity index (χ1v) is 46.4. The van der Waals surface area contributed by atoms with Crippen molar-refractivity contribution in [2.24, 2.45) is 0 Å². The van der Waals surface area contributed by atoms with Gasteiger partial charge in [0.15, 0.2) is 0 Å². The number of aromatic hydroxyl groups is 12. The van der Waals surface area contributed by atoms with E-state index in [2.05, 4.69) is 172 Å². The molecule has 15 aromatic carbocycles. The first kappa shape index (κ1) is 98.4. The highest BCUT2D eigenvalue weighted by Crippen LogP contribution is 2.50.